The first-order chi connectivity index (χ1) is 8.88. The highest BCUT2D eigenvalue weighted by atomic mass is 79.9. The first kappa shape index (κ1) is 12.7. The summed E-state index contributed by atoms with van der Waals surface area (Å²) in [5.74, 6) is 0. The minimum atomic E-state index is -0.264. The van der Waals surface area contributed by atoms with Crippen LogP contribution in [0.4, 0.5) is 5.69 Å². The summed E-state index contributed by atoms with van der Waals surface area (Å²) in [4.78, 5) is 16.7. The van der Waals surface area contributed by atoms with Gasteiger partial charge in [-0.25, -0.2) is 4.79 Å². The monoisotopic (exact) mass is 325 g/mol. The molecule has 0 aliphatic heterocycles. The maximum Gasteiger partial charge on any atom is 0.323 e. The summed E-state index contributed by atoms with van der Waals surface area (Å²) in [7, 11) is 0. The zero-order valence-corrected chi connectivity index (χ0v) is 12.3. The highest BCUT2D eigenvalue weighted by Crippen LogP contribution is 2.43. The van der Waals surface area contributed by atoms with E-state index in [2.05, 4.69) is 31.2 Å². The lowest BCUT2D eigenvalue weighted by Crippen LogP contribution is -2.56. The van der Waals surface area contributed by atoms with E-state index in [1.165, 1.54) is 0 Å². The first-order valence-corrected chi connectivity index (χ1v) is 7.03. The molecule has 2 aromatic rings. The van der Waals surface area contributed by atoms with E-state index in [1.54, 1.807) is 0 Å². The summed E-state index contributed by atoms with van der Waals surface area (Å²) >= 11 is 3.50. The largest absolute Gasteiger partial charge is 0.392 e. The van der Waals surface area contributed by atoms with Crippen LogP contribution in [0.5, 0.6) is 0 Å². The molecule has 0 radical (unpaired) electrons. The molecule has 1 aromatic heterocycles. The molecule has 2 atom stereocenters. The zero-order chi connectivity index (χ0) is 13.8. The molecule has 1 aliphatic carbocycles. The van der Waals surface area contributed by atoms with Crippen LogP contribution in [0.1, 0.15) is 20.3 Å². The van der Waals surface area contributed by atoms with E-state index in [4.69, 9.17) is 0 Å². The number of hydrogen-bond acceptors (Lipinski definition) is 3. The third kappa shape index (κ3) is 1.99. The number of hydrogen-bond donors (Lipinski definition) is 4. The van der Waals surface area contributed by atoms with Crippen molar-refractivity contribution in [2.45, 2.75) is 32.4 Å². The van der Waals surface area contributed by atoms with Gasteiger partial charge in [-0.3, -0.25) is 0 Å². The molecule has 1 heterocycles. The number of aromatic amines is 2. The van der Waals surface area contributed by atoms with Gasteiger partial charge in [0, 0.05) is 15.9 Å². The number of aromatic nitrogens is 2. The van der Waals surface area contributed by atoms with Gasteiger partial charge < -0.3 is 20.4 Å². The fraction of sp³-hybridized carbons (Fsp3) is 0.462. The molecule has 102 valence electrons. The summed E-state index contributed by atoms with van der Waals surface area (Å²) in [5.41, 5.74) is 2.12. The maximum absolute atomic E-state index is 11.3. The molecule has 1 aliphatic rings. The quantitative estimate of drug-likeness (QED) is 0.683. The van der Waals surface area contributed by atoms with Gasteiger partial charge in [-0.1, -0.05) is 13.8 Å². The van der Waals surface area contributed by atoms with Crippen LogP contribution in [0, 0.1) is 5.41 Å². The van der Waals surface area contributed by atoms with E-state index in [-0.39, 0.29) is 23.3 Å². The Bertz CT molecular complexity index is 689. The van der Waals surface area contributed by atoms with Crippen molar-refractivity contribution in [3.63, 3.8) is 0 Å². The average Bonchev–Trinajstić information content (AvgIpc) is 2.68. The summed E-state index contributed by atoms with van der Waals surface area (Å²) < 4.78 is 0.896. The Labute approximate surface area is 118 Å². The zero-order valence-electron chi connectivity index (χ0n) is 10.7. The van der Waals surface area contributed by atoms with Crippen molar-refractivity contribution in [3.05, 3.63) is 27.1 Å². The van der Waals surface area contributed by atoms with E-state index in [9.17, 15) is 9.90 Å². The van der Waals surface area contributed by atoms with E-state index < -0.39 is 0 Å². The molecule has 1 aromatic carbocycles. The highest BCUT2D eigenvalue weighted by molar-refractivity contribution is 9.10. The first-order valence-electron chi connectivity index (χ1n) is 6.24. The van der Waals surface area contributed by atoms with Crippen LogP contribution in [0.3, 0.4) is 0 Å². The number of halogens is 1. The van der Waals surface area contributed by atoms with Crippen LogP contribution in [0.25, 0.3) is 11.0 Å². The van der Waals surface area contributed by atoms with Crippen molar-refractivity contribution in [2.75, 3.05) is 5.32 Å². The van der Waals surface area contributed by atoms with Crippen molar-refractivity contribution < 1.29 is 5.11 Å². The molecule has 0 bridgehead atoms. The lowest BCUT2D eigenvalue weighted by molar-refractivity contribution is -0.0510. The molecule has 5 nitrogen and oxygen atoms in total. The number of aliphatic hydroxyl groups is 1. The van der Waals surface area contributed by atoms with Crippen molar-refractivity contribution in [3.8, 4) is 0 Å². The molecule has 0 spiro atoms. The third-order valence-electron chi connectivity index (χ3n) is 4.15. The Morgan fingerprint density at radius 3 is 2.58 bits per heavy atom. The predicted molar refractivity (Wildman–Crippen MR) is 78.4 cm³/mol. The lowest BCUT2D eigenvalue weighted by Gasteiger charge is -2.50. The number of anilines is 1. The van der Waals surface area contributed by atoms with E-state index in [0.29, 0.717) is 0 Å². The fourth-order valence-corrected chi connectivity index (χ4v) is 2.96. The second-order valence-electron chi connectivity index (χ2n) is 5.73. The standard InChI is InChI=1S/C13H16BrN3O2/c1-13(2)10(5-11(13)18)15-7-4-9-8(3-6(7)14)16-12(19)17-9/h3-4,10-11,15,18H,5H2,1-2H3,(H2,16,17,19). The van der Waals surface area contributed by atoms with Gasteiger partial charge >= 0.3 is 5.69 Å². The van der Waals surface area contributed by atoms with Crippen molar-refractivity contribution >= 4 is 32.7 Å². The number of fused-ring (bicyclic) bond motifs is 1. The van der Waals surface area contributed by atoms with Crippen LogP contribution >= 0.6 is 15.9 Å². The van der Waals surface area contributed by atoms with Gasteiger partial charge in [0.25, 0.3) is 0 Å². The summed E-state index contributed by atoms with van der Waals surface area (Å²) in [6.45, 7) is 4.09. The minimum absolute atomic E-state index is 0.139. The van der Waals surface area contributed by atoms with Gasteiger partial charge in [0.15, 0.2) is 0 Å². The van der Waals surface area contributed by atoms with Crippen LogP contribution < -0.4 is 11.0 Å². The number of aliphatic hydroxyl groups excluding tert-OH is 1. The van der Waals surface area contributed by atoms with Crippen LogP contribution in [-0.4, -0.2) is 27.2 Å². The molecule has 3 rings (SSSR count). The molecule has 0 saturated heterocycles. The average molecular weight is 326 g/mol. The molecular weight excluding hydrogens is 310 g/mol. The molecule has 2 unspecified atom stereocenters. The molecule has 1 saturated carbocycles. The molecule has 1 fully saturated rings. The SMILES string of the molecule is CC1(C)C(O)CC1Nc1cc2[nH]c(=O)[nH]c2cc1Br. The number of H-pyrrole nitrogens is 2. The summed E-state index contributed by atoms with van der Waals surface area (Å²) in [5, 5.41) is 13.2. The molecule has 0 amide bonds. The van der Waals surface area contributed by atoms with Crippen molar-refractivity contribution in [1.29, 1.82) is 0 Å². The minimum Gasteiger partial charge on any atom is -0.392 e. The van der Waals surface area contributed by atoms with Crippen LogP contribution in [0.15, 0.2) is 21.4 Å². The van der Waals surface area contributed by atoms with Crippen LogP contribution in [0.2, 0.25) is 0 Å². The normalized spacial score (nSPS) is 25.3. The second-order valence-corrected chi connectivity index (χ2v) is 6.58. The van der Waals surface area contributed by atoms with E-state index in [0.717, 1.165) is 27.6 Å². The Morgan fingerprint density at radius 1 is 1.37 bits per heavy atom. The van der Waals surface area contributed by atoms with E-state index in [1.807, 2.05) is 26.0 Å². The number of imidazole rings is 1. The Balaban J connectivity index is 1.93. The Kier molecular flexibility index (Phi) is 2.76. The molecule has 6 heteroatoms. The molecule has 4 N–H and O–H groups in total. The fourth-order valence-electron chi connectivity index (χ4n) is 2.50. The van der Waals surface area contributed by atoms with Gasteiger partial charge in [0.1, 0.15) is 0 Å². The Morgan fingerprint density at radius 2 is 2.00 bits per heavy atom. The topological polar surface area (TPSA) is 80.9 Å². The van der Waals surface area contributed by atoms with Crippen LogP contribution in [-0.2, 0) is 0 Å². The smallest absolute Gasteiger partial charge is 0.323 e. The number of rotatable bonds is 2. The van der Waals surface area contributed by atoms with Gasteiger partial charge in [-0.15, -0.1) is 0 Å². The Hall–Kier alpha value is -1.27. The third-order valence-corrected chi connectivity index (χ3v) is 4.81. The van der Waals surface area contributed by atoms with E-state index >= 15 is 0 Å². The summed E-state index contributed by atoms with van der Waals surface area (Å²) in [6, 6.07) is 4.00. The van der Waals surface area contributed by atoms with Gasteiger partial charge in [0.2, 0.25) is 0 Å². The summed E-state index contributed by atoms with van der Waals surface area (Å²) in [6.07, 6.45) is 0.473. The highest BCUT2D eigenvalue weighted by Gasteiger charge is 2.47. The number of benzene rings is 1. The van der Waals surface area contributed by atoms with Crippen molar-refractivity contribution in [1.82, 2.24) is 9.97 Å². The molecule has 19 heavy (non-hydrogen) atoms. The van der Waals surface area contributed by atoms with Gasteiger partial charge in [0.05, 0.1) is 22.8 Å². The maximum atomic E-state index is 11.3. The molecular formula is C13H16BrN3O2. The van der Waals surface area contributed by atoms with Crippen molar-refractivity contribution in [2.24, 2.45) is 5.41 Å². The van der Waals surface area contributed by atoms with Gasteiger partial charge in [-0.05, 0) is 34.5 Å². The van der Waals surface area contributed by atoms with Gasteiger partial charge in [-0.2, -0.15) is 0 Å². The number of nitrogens with one attached hydrogen (secondary N) is 3. The second kappa shape index (κ2) is 4.11. The lowest BCUT2D eigenvalue weighted by atomic mass is 9.64. The predicted octanol–water partition coefficient (Wildman–Crippen LogP) is 2.19.